The van der Waals surface area contributed by atoms with Crippen LogP contribution >= 0.6 is 34.8 Å². The number of carboxylic acids is 1. The van der Waals surface area contributed by atoms with Crippen LogP contribution in [0, 0.1) is 5.82 Å². The Morgan fingerprint density at radius 1 is 1.03 bits per heavy atom. The van der Waals surface area contributed by atoms with E-state index in [-0.39, 0.29) is 12.8 Å². The van der Waals surface area contributed by atoms with Crippen LogP contribution in [-0.4, -0.2) is 34.0 Å². The first-order valence-corrected chi connectivity index (χ1v) is 13.0. The standard InChI is InChI=1S/C28H25Cl3FNO4/c1-2-3-23(28(35)36)33-25(17-6-8-18(29)9-7-17)26(21-13-10-19(30)15-22(21)31)37-24(27(33)34)14-16-4-11-20(32)12-5-16/h4-13,15,23-26H,2-3,14H2,1H3,(H,35,36)/t23-,24+,25-,26+/m0/s1. The number of ether oxygens (including phenoxy) is 1. The average Bonchev–Trinajstić information content (AvgIpc) is 2.86. The van der Waals surface area contributed by atoms with Gasteiger partial charge in [-0.2, -0.15) is 0 Å². The molecule has 0 radical (unpaired) electrons. The number of carboxylic acid groups (broad SMARTS) is 1. The Bertz CT molecular complexity index is 1270. The second-order valence-corrected chi connectivity index (χ2v) is 10.2. The van der Waals surface area contributed by atoms with E-state index in [9.17, 15) is 19.1 Å². The zero-order chi connectivity index (χ0) is 26.7. The van der Waals surface area contributed by atoms with Crippen LogP contribution in [-0.2, 0) is 20.7 Å². The van der Waals surface area contributed by atoms with Gasteiger partial charge in [-0.1, -0.05) is 78.5 Å². The predicted molar refractivity (Wildman–Crippen MR) is 142 cm³/mol. The summed E-state index contributed by atoms with van der Waals surface area (Å²) >= 11 is 18.9. The first-order chi connectivity index (χ1) is 17.7. The molecule has 0 saturated carbocycles. The molecule has 37 heavy (non-hydrogen) atoms. The van der Waals surface area contributed by atoms with Gasteiger partial charge >= 0.3 is 5.97 Å². The quantitative estimate of drug-likeness (QED) is 0.312. The van der Waals surface area contributed by atoms with E-state index in [1.807, 2.05) is 6.92 Å². The third-order valence-electron chi connectivity index (χ3n) is 6.43. The van der Waals surface area contributed by atoms with Crippen molar-refractivity contribution in [3.63, 3.8) is 0 Å². The van der Waals surface area contributed by atoms with Crippen molar-refractivity contribution < 1.29 is 23.8 Å². The van der Waals surface area contributed by atoms with Gasteiger partial charge in [-0.05, 0) is 53.9 Å². The summed E-state index contributed by atoms with van der Waals surface area (Å²) in [4.78, 5) is 27.9. The average molecular weight is 565 g/mol. The van der Waals surface area contributed by atoms with Crippen LogP contribution in [0.1, 0.15) is 48.6 Å². The molecule has 1 amide bonds. The molecule has 5 nitrogen and oxygen atoms in total. The number of carbonyl (C=O) groups excluding carboxylic acids is 1. The number of aliphatic carboxylic acids is 1. The van der Waals surface area contributed by atoms with Crippen LogP contribution in [0.15, 0.2) is 66.7 Å². The van der Waals surface area contributed by atoms with E-state index in [1.165, 1.54) is 17.0 Å². The van der Waals surface area contributed by atoms with Crippen molar-refractivity contribution >= 4 is 46.7 Å². The first-order valence-electron chi connectivity index (χ1n) is 11.8. The number of hydrogen-bond donors (Lipinski definition) is 1. The third-order valence-corrected chi connectivity index (χ3v) is 7.24. The van der Waals surface area contributed by atoms with Crippen molar-refractivity contribution in [2.24, 2.45) is 0 Å². The Balaban J connectivity index is 1.88. The lowest BCUT2D eigenvalue weighted by atomic mass is 9.88. The van der Waals surface area contributed by atoms with E-state index in [4.69, 9.17) is 39.5 Å². The highest BCUT2D eigenvalue weighted by Crippen LogP contribution is 2.46. The molecule has 4 atom stereocenters. The summed E-state index contributed by atoms with van der Waals surface area (Å²) in [6, 6.07) is 15.7. The number of benzene rings is 3. The number of morpholine rings is 1. The van der Waals surface area contributed by atoms with Gasteiger partial charge in [0.2, 0.25) is 0 Å². The summed E-state index contributed by atoms with van der Waals surface area (Å²) in [6.45, 7) is 1.86. The monoisotopic (exact) mass is 563 g/mol. The molecule has 4 rings (SSSR count). The number of carbonyl (C=O) groups is 2. The minimum absolute atomic E-state index is 0.128. The Kier molecular flexibility index (Phi) is 8.75. The molecule has 1 N–H and O–H groups in total. The molecule has 194 valence electrons. The van der Waals surface area contributed by atoms with Crippen LogP contribution < -0.4 is 0 Å². The third kappa shape index (κ3) is 6.10. The number of halogens is 4. The largest absolute Gasteiger partial charge is 0.480 e. The van der Waals surface area contributed by atoms with Crippen LogP contribution in [0.3, 0.4) is 0 Å². The molecule has 0 spiro atoms. The lowest BCUT2D eigenvalue weighted by molar-refractivity contribution is -0.184. The van der Waals surface area contributed by atoms with Crippen molar-refractivity contribution in [1.29, 1.82) is 0 Å². The molecule has 1 heterocycles. The van der Waals surface area contributed by atoms with E-state index in [2.05, 4.69) is 0 Å². The highest BCUT2D eigenvalue weighted by molar-refractivity contribution is 6.35. The van der Waals surface area contributed by atoms with Gasteiger partial charge in [0, 0.05) is 27.1 Å². The molecule has 1 aliphatic rings. The number of hydrogen-bond acceptors (Lipinski definition) is 3. The molecule has 1 fully saturated rings. The predicted octanol–water partition coefficient (Wildman–Crippen LogP) is 7.29. The van der Waals surface area contributed by atoms with Gasteiger partial charge in [-0.25, -0.2) is 9.18 Å². The molecule has 0 aliphatic carbocycles. The van der Waals surface area contributed by atoms with Crippen LogP contribution in [0.2, 0.25) is 15.1 Å². The second-order valence-electron chi connectivity index (χ2n) is 8.93. The normalized spacial score (nSPS) is 20.6. The van der Waals surface area contributed by atoms with Gasteiger partial charge in [0.05, 0.1) is 6.04 Å². The number of rotatable bonds is 8. The summed E-state index contributed by atoms with van der Waals surface area (Å²) in [5.41, 5.74) is 1.89. The van der Waals surface area contributed by atoms with Gasteiger partial charge in [0.15, 0.2) is 0 Å². The molecule has 0 bridgehead atoms. The lowest BCUT2D eigenvalue weighted by Gasteiger charge is -2.47. The van der Waals surface area contributed by atoms with E-state index >= 15 is 0 Å². The Morgan fingerprint density at radius 3 is 2.27 bits per heavy atom. The van der Waals surface area contributed by atoms with Gasteiger partial charge in [-0.15, -0.1) is 0 Å². The summed E-state index contributed by atoms with van der Waals surface area (Å²) < 4.78 is 19.9. The number of nitrogens with zero attached hydrogens (tertiary/aromatic N) is 1. The fourth-order valence-corrected chi connectivity index (χ4v) is 5.34. The maximum atomic E-state index is 14.0. The van der Waals surface area contributed by atoms with Crippen molar-refractivity contribution in [2.75, 3.05) is 0 Å². The van der Waals surface area contributed by atoms with Crippen LogP contribution in [0.25, 0.3) is 0 Å². The molecule has 1 aliphatic heterocycles. The smallest absolute Gasteiger partial charge is 0.326 e. The van der Waals surface area contributed by atoms with E-state index in [0.29, 0.717) is 38.2 Å². The molecule has 9 heteroatoms. The Hall–Kier alpha value is -2.64. The minimum Gasteiger partial charge on any atom is -0.480 e. The SMILES string of the molecule is CCC[C@@H](C(=O)O)N1C(=O)[C@@H](Cc2ccc(F)cc2)O[C@H](c2ccc(Cl)cc2Cl)[C@@H]1c1ccc(Cl)cc1. The molecule has 3 aromatic carbocycles. The Morgan fingerprint density at radius 2 is 1.68 bits per heavy atom. The summed E-state index contributed by atoms with van der Waals surface area (Å²) in [5, 5.41) is 11.4. The van der Waals surface area contributed by atoms with E-state index in [0.717, 1.165) is 0 Å². The van der Waals surface area contributed by atoms with Crippen LogP contribution in [0.4, 0.5) is 4.39 Å². The summed E-state index contributed by atoms with van der Waals surface area (Å²) in [5.74, 6) is -1.98. The summed E-state index contributed by atoms with van der Waals surface area (Å²) in [6.07, 6.45) is -0.917. The zero-order valence-corrected chi connectivity index (χ0v) is 22.2. The van der Waals surface area contributed by atoms with Crippen molar-refractivity contribution in [3.8, 4) is 0 Å². The fraction of sp³-hybridized carbons (Fsp3) is 0.286. The Labute approximate surface area is 229 Å². The summed E-state index contributed by atoms with van der Waals surface area (Å²) in [7, 11) is 0. The maximum absolute atomic E-state index is 14.0. The van der Waals surface area contributed by atoms with Gasteiger partial charge in [-0.3, -0.25) is 4.79 Å². The van der Waals surface area contributed by atoms with Crippen molar-refractivity contribution in [3.05, 3.63) is 104 Å². The van der Waals surface area contributed by atoms with Gasteiger partial charge in [0.1, 0.15) is 24.1 Å². The fourth-order valence-electron chi connectivity index (χ4n) is 4.70. The molecule has 0 unspecified atom stereocenters. The first kappa shape index (κ1) is 27.4. The molecular formula is C28H25Cl3FNO4. The van der Waals surface area contributed by atoms with Crippen LogP contribution in [0.5, 0.6) is 0 Å². The van der Waals surface area contributed by atoms with E-state index in [1.54, 1.807) is 54.6 Å². The molecular weight excluding hydrogens is 540 g/mol. The maximum Gasteiger partial charge on any atom is 0.326 e. The topological polar surface area (TPSA) is 66.8 Å². The molecule has 1 saturated heterocycles. The van der Waals surface area contributed by atoms with Crippen molar-refractivity contribution in [2.45, 2.75) is 50.5 Å². The van der Waals surface area contributed by atoms with Gasteiger partial charge in [0.25, 0.3) is 5.91 Å². The van der Waals surface area contributed by atoms with Crippen molar-refractivity contribution in [1.82, 2.24) is 4.90 Å². The second kappa shape index (κ2) is 11.8. The van der Waals surface area contributed by atoms with E-state index < -0.39 is 42.0 Å². The zero-order valence-electron chi connectivity index (χ0n) is 19.9. The molecule has 3 aromatic rings. The van der Waals surface area contributed by atoms with Gasteiger partial charge < -0.3 is 14.7 Å². The highest BCUT2D eigenvalue weighted by atomic mass is 35.5. The highest BCUT2D eigenvalue weighted by Gasteiger charge is 2.48. The molecule has 0 aromatic heterocycles. The minimum atomic E-state index is -1.11. The lowest BCUT2D eigenvalue weighted by Crippen LogP contribution is -2.57. The number of amides is 1.